The maximum atomic E-state index is 4.54. The van der Waals surface area contributed by atoms with Crippen LogP contribution in [0.4, 0.5) is 0 Å². The van der Waals surface area contributed by atoms with Crippen LogP contribution in [0.2, 0.25) is 0 Å². The van der Waals surface area contributed by atoms with Gasteiger partial charge in [0.2, 0.25) is 0 Å². The fourth-order valence-corrected chi connectivity index (χ4v) is 2.09. The molecule has 2 aromatic heterocycles. The third kappa shape index (κ3) is 4.14. The first-order valence-corrected chi connectivity index (χ1v) is 7.41. The molecule has 0 amide bonds. The van der Waals surface area contributed by atoms with Crippen LogP contribution in [0, 0.1) is 20.8 Å². The van der Waals surface area contributed by atoms with E-state index in [-0.39, 0.29) is 5.54 Å². The van der Waals surface area contributed by atoms with Gasteiger partial charge in [0.15, 0.2) is 0 Å². The lowest BCUT2D eigenvalue weighted by molar-refractivity contribution is 0.421. The standard InChI is InChI=1S/C15H26N6/c1-11-12(2)18-21(13(11)3)8-7-20-10-14(17-19-20)9-16-15(4,5)6/h10,16H,7-9H2,1-6H3. The molecule has 0 fully saturated rings. The molecule has 0 aromatic carbocycles. The van der Waals surface area contributed by atoms with Gasteiger partial charge < -0.3 is 5.32 Å². The van der Waals surface area contributed by atoms with Crippen LogP contribution in [0.1, 0.15) is 43.4 Å². The van der Waals surface area contributed by atoms with Gasteiger partial charge in [-0.3, -0.25) is 9.36 Å². The molecule has 6 nitrogen and oxygen atoms in total. The van der Waals surface area contributed by atoms with Crippen molar-refractivity contribution in [3.05, 3.63) is 28.8 Å². The van der Waals surface area contributed by atoms with Gasteiger partial charge >= 0.3 is 0 Å². The van der Waals surface area contributed by atoms with Crippen molar-refractivity contribution in [1.82, 2.24) is 30.1 Å². The second kappa shape index (κ2) is 5.97. The van der Waals surface area contributed by atoms with E-state index in [1.807, 2.05) is 22.5 Å². The molecule has 0 spiro atoms. The van der Waals surface area contributed by atoms with Crippen molar-refractivity contribution in [3.63, 3.8) is 0 Å². The quantitative estimate of drug-likeness (QED) is 0.915. The Hall–Kier alpha value is -1.69. The van der Waals surface area contributed by atoms with Crippen molar-refractivity contribution in [2.24, 2.45) is 0 Å². The number of rotatable bonds is 5. The normalized spacial score (nSPS) is 12.1. The molecule has 2 rings (SSSR count). The minimum Gasteiger partial charge on any atom is -0.306 e. The van der Waals surface area contributed by atoms with Crippen LogP contribution in [0.5, 0.6) is 0 Å². The number of hydrogen-bond acceptors (Lipinski definition) is 4. The fourth-order valence-electron chi connectivity index (χ4n) is 2.09. The Morgan fingerprint density at radius 1 is 1.14 bits per heavy atom. The fraction of sp³-hybridized carbons (Fsp3) is 0.667. The molecule has 1 N–H and O–H groups in total. The Labute approximate surface area is 126 Å². The van der Waals surface area contributed by atoms with Crippen molar-refractivity contribution >= 4 is 0 Å². The first-order valence-electron chi connectivity index (χ1n) is 7.41. The highest BCUT2D eigenvalue weighted by atomic mass is 15.4. The van der Waals surface area contributed by atoms with Crippen LogP contribution in [0.3, 0.4) is 0 Å². The zero-order valence-corrected chi connectivity index (χ0v) is 13.9. The second-order valence-corrected chi connectivity index (χ2v) is 6.60. The van der Waals surface area contributed by atoms with Crippen LogP contribution in [0.15, 0.2) is 6.20 Å². The summed E-state index contributed by atoms with van der Waals surface area (Å²) in [6.45, 7) is 15.0. The molecule has 0 aliphatic rings. The molecule has 0 aliphatic carbocycles. The topological polar surface area (TPSA) is 60.6 Å². The lowest BCUT2D eigenvalue weighted by atomic mass is 10.1. The Morgan fingerprint density at radius 2 is 1.86 bits per heavy atom. The first-order chi connectivity index (χ1) is 9.76. The van der Waals surface area contributed by atoms with Gasteiger partial charge in [0, 0.05) is 24.0 Å². The maximum Gasteiger partial charge on any atom is 0.0965 e. The molecule has 0 unspecified atom stereocenters. The van der Waals surface area contributed by atoms with E-state index < -0.39 is 0 Å². The van der Waals surface area contributed by atoms with Gasteiger partial charge in [-0.15, -0.1) is 5.10 Å². The van der Waals surface area contributed by atoms with Gasteiger partial charge in [0.25, 0.3) is 0 Å². The highest BCUT2D eigenvalue weighted by molar-refractivity contribution is 5.21. The summed E-state index contributed by atoms with van der Waals surface area (Å²) in [4.78, 5) is 0. The molecule has 21 heavy (non-hydrogen) atoms. The molecule has 0 radical (unpaired) electrons. The van der Waals surface area contributed by atoms with Crippen molar-refractivity contribution in [1.29, 1.82) is 0 Å². The predicted molar refractivity (Wildman–Crippen MR) is 83.1 cm³/mol. The van der Waals surface area contributed by atoms with Crippen LogP contribution in [-0.4, -0.2) is 30.3 Å². The maximum absolute atomic E-state index is 4.54. The largest absolute Gasteiger partial charge is 0.306 e. The van der Waals surface area contributed by atoms with Crippen LogP contribution < -0.4 is 5.32 Å². The monoisotopic (exact) mass is 290 g/mol. The first kappa shape index (κ1) is 15.7. The van der Waals surface area contributed by atoms with Crippen molar-refractivity contribution in [2.45, 2.75) is 66.7 Å². The molecule has 2 aromatic rings. The molecule has 116 valence electrons. The average molecular weight is 290 g/mol. The number of hydrogen-bond donors (Lipinski definition) is 1. The van der Waals surface area contributed by atoms with E-state index in [9.17, 15) is 0 Å². The van der Waals surface area contributed by atoms with E-state index in [1.165, 1.54) is 11.3 Å². The van der Waals surface area contributed by atoms with Crippen molar-refractivity contribution < 1.29 is 0 Å². The molecule has 0 bridgehead atoms. The van der Waals surface area contributed by atoms with Gasteiger partial charge in [-0.2, -0.15) is 5.10 Å². The summed E-state index contributed by atoms with van der Waals surface area (Å²) in [6.07, 6.45) is 2.00. The summed E-state index contributed by atoms with van der Waals surface area (Å²) in [7, 11) is 0. The highest BCUT2D eigenvalue weighted by Gasteiger charge is 2.11. The van der Waals surface area contributed by atoms with Crippen LogP contribution >= 0.6 is 0 Å². The zero-order valence-electron chi connectivity index (χ0n) is 13.9. The van der Waals surface area contributed by atoms with Gasteiger partial charge in [-0.25, -0.2) is 0 Å². The molecule has 0 saturated heterocycles. The van der Waals surface area contributed by atoms with E-state index in [1.54, 1.807) is 0 Å². The van der Waals surface area contributed by atoms with Crippen LogP contribution in [0.25, 0.3) is 0 Å². The van der Waals surface area contributed by atoms with Gasteiger partial charge in [0.1, 0.15) is 0 Å². The molecule has 0 saturated carbocycles. The Morgan fingerprint density at radius 3 is 2.43 bits per heavy atom. The summed E-state index contributed by atoms with van der Waals surface area (Å²) in [5, 5.41) is 16.3. The molecule has 0 atom stereocenters. The van der Waals surface area contributed by atoms with E-state index in [0.29, 0.717) is 0 Å². The number of nitrogens with one attached hydrogen (secondary N) is 1. The minimum absolute atomic E-state index is 0.0883. The van der Waals surface area contributed by atoms with E-state index in [4.69, 9.17) is 0 Å². The zero-order chi connectivity index (χ0) is 15.6. The van der Waals surface area contributed by atoms with Crippen molar-refractivity contribution in [2.75, 3.05) is 0 Å². The van der Waals surface area contributed by atoms with Crippen molar-refractivity contribution in [3.8, 4) is 0 Å². The van der Waals surface area contributed by atoms with E-state index >= 15 is 0 Å². The van der Waals surface area contributed by atoms with Gasteiger partial charge in [-0.05, 0) is 47.1 Å². The van der Waals surface area contributed by atoms with Crippen LogP contribution in [-0.2, 0) is 19.6 Å². The second-order valence-electron chi connectivity index (χ2n) is 6.60. The summed E-state index contributed by atoms with van der Waals surface area (Å²) >= 11 is 0. The average Bonchev–Trinajstić information content (AvgIpc) is 2.94. The lowest BCUT2D eigenvalue weighted by Crippen LogP contribution is -2.35. The molecule has 2 heterocycles. The van der Waals surface area contributed by atoms with E-state index in [0.717, 1.165) is 31.0 Å². The molecule has 6 heteroatoms. The summed E-state index contributed by atoms with van der Waals surface area (Å²) in [5.41, 5.74) is 4.65. The summed E-state index contributed by atoms with van der Waals surface area (Å²) < 4.78 is 3.92. The van der Waals surface area contributed by atoms with Gasteiger partial charge in [0.05, 0.1) is 24.5 Å². The molecular formula is C15H26N6. The number of nitrogens with zero attached hydrogens (tertiary/aromatic N) is 5. The lowest BCUT2D eigenvalue weighted by Gasteiger charge is -2.19. The molecular weight excluding hydrogens is 264 g/mol. The predicted octanol–water partition coefficient (Wildman–Crippen LogP) is 1.99. The third-order valence-electron chi connectivity index (χ3n) is 3.67. The Kier molecular flexibility index (Phi) is 4.46. The SMILES string of the molecule is Cc1nn(CCn2cc(CNC(C)(C)C)nn2)c(C)c1C. The third-order valence-corrected chi connectivity index (χ3v) is 3.67. The highest BCUT2D eigenvalue weighted by Crippen LogP contribution is 2.10. The number of aromatic nitrogens is 5. The van der Waals surface area contributed by atoms with E-state index in [2.05, 4.69) is 55.3 Å². The minimum atomic E-state index is 0.0883. The summed E-state index contributed by atoms with van der Waals surface area (Å²) in [5.74, 6) is 0. The molecule has 0 aliphatic heterocycles. The summed E-state index contributed by atoms with van der Waals surface area (Å²) in [6, 6.07) is 0. The van der Waals surface area contributed by atoms with Gasteiger partial charge in [-0.1, -0.05) is 5.21 Å². The number of aryl methyl sites for hydroxylation is 3. The Balaban J connectivity index is 1.92. The smallest absolute Gasteiger partial charge is 0.0965 e. The Bertz CT molecular complexity index is 602.